The zero-order valence-corrected chi connectivity index (χ0v) is 5.62. The van der Waals surface area contributed by atoms with E-state index in [1.165, 1.54) is 18.3 Å². The largest absolute Gasteiger partial charge is 0.477 e. The summed E-state index contributed by atoms with van der Waals surface area (Å²) in [5.41, 5.74) is 0. The van der Waals surface area contributed by atoms with Crippen molar-refractivity contribution in [3.8, 4) is 11.8 Å². The third kappa shape index (κ3) is 2.22. The fraction of sp³-hybridized carbons (Fsp3) is 0.143. The molecule has 0 radical (unpaired) electrons. The summed E-state index contributed by atoms with van der Waals surface area (Å²) in [5, 5.41) is 8.11. The van der Waals surface area contributed by atoms with Crippen molar-refractivity contribution in [3.05, 3.63) is 24.3 Å². The normalized spacial score (nSPS) is 8.73. The predicted octanol–water partition coefficient (Wildman–Crippen LogP) is 1.12. The van der Waals surface area contributed by atoms with Gasteiger partial charge in [-0.15, -0.1) is 0 Å². The molecule has 0 aromatic carbocycles. The fourth-order valence-corrected chi connectivity index (χ4v) is 0.563. The molecule has 0 bridgehead atoms. The maximum absolute atomic E-state index is 12.2. The van der Waals surface area contributed by atoms with Gasteiger partial charge in [-0.05, 0) is 12.1 Å². The molecule has 0 saturated heterocycles. The number of pyridine rings is 1. The molecule has 0 amide bonds. The molecule has 0 atom stereocenters. The summed E-state index contributed by atoms with van der Waals surface area (Å²) in [5.74, 6) is -0.165. The van der Waals surface area contributed by atoms with Gasteiger partial charge in [0.2, 0.25) is 5.95 Å². The highest BCUT2D eigenvalue weighted by Gasteiger charge is 1.93. The van der Waals surface area contributed by atoms with E-state index < -0.39 is 5.95 Å². The summed E-state index contributed by atoms with van der Waals surface area (Å²) in [6.07, 6.45) is 1.23. The van der Waals surface area contributed by atoms with Crippen LogP contribution in [-0.4, -0.2) is 11.6 Å². The SMILES string of the molecule is N#CCOc1ccc(F)nc1. The Morgan fingerprint density at radius 2 is 2.45 bits per heavy atom. The number of aromatic nitrogens is 1. The van der Waals surface area contributed by atoms with Crippen molar-refractivity contribution in [2.75, 3.05) is 6.61 Å². The van der Waals surface area contributed by atoms with E-state index in [4.69, 9.17) is 10.00 Å². The molecular formula is C7H5FN2O. The first-order valence-corrected chi connectivity index (χ1v) is 2.94. The van der Waals surface area contributed by atoms with Crippen LogP contribution >= 0.6 is 0 Å². The second-order valence-electron chi connectivity index (χ2n) is 1.76. The Balaban J connectivity index is 2.60. The summed E-state index contributed by atoms with van der Waals surface area (Å²) >= 11 is 0. The molecule has 0 unspecified atom stereocenters. The molecule has 0 aliphatic rings. The molecule has 56 valence electrons. The van der Waals surface area contributed by atoms with Crippen LogP contribution in [0.4, 0.5) is 4.39 Å². The Labute approximate surface area is 63.1 Å². The van der Waals surface area contributed by atoms with Crippen molar-refractivity contribution in [2.45, 2.75) is 0 Å². The number of hydrogen-bond acceptors (Lipinski definition) is 3. The van der Waals surface area contributed by atoms with Crippen molar-refractivity contribution in [2.24, 2.45) is 0 Å². The van der Waals surface area contributed by atoms with Crippen LogP contribution in [-0.2, 0) is 0 Å². The van der Waals surface area contributed by atoms with Gasteiger partial charge in [-0.3, -0.25) is 0 Å². The van der Waals surface area contributed by atoms with Crippen LogP contribution in [0.3, 0.4) is 0 Å². The summed E-state index contributed by atoms with van der Waals surface area (Å²) in [4.78, 5) is 3.33. The van der Waals surface area contributed by atoms with E-state index in [0.29, 0.717) is 5.75 Å². The Hall–Kier alpha value is -1.63. The van der Waals surface area contributed by atoms with E-state index in [1.807, 2.05) is 0 Å². The van der Waals surface area contributed by atoms with Gasteiger partial charge in [0, 0.05) is 0 Å². The standard InChI is InChI=1S/C7H5FN2O/c8-7-2-1-6(5-10-7)11-4-3-9/h1-2,5H,4H2. The van der Waals surface area contributed by atoms with Crippen LogP contribution in [0.25, 0.3) is 0 Å². The highest BCUT2D eigenvalue weighted by atomic mass is 19.1. The lowest BCUT2D eigenvalue weighted by molar-refractivity contribution is 0.365. The molecule has 1 aromatic heterocycles. The van der Waals surface area contributed by atoms with Crippen LogP contribution in [0.1, 0.15) is 0 Å². The molecular weight excluding hydrogens is 147 g/mol. The number of nitriles is 1. The van der Waals surface area contributed by atoms with E-state index >= 15 is 0 Å². The third-order valence-electron chi connectivity index (χ3n) is 1.00. The first-order chi connectivity index (χ1) is 5.33. The van der Waals surface area contributed by atoms with E-state index in [2.05, 4.69) is 4.98 Å². The van der Waals surface area contributed by atoms with E-state index in [9.17, 15) is 4.39 Å². The van der Waals surface area contributed by atoms with E-state index in [-0.39, 0.29) is 6.61 Å². The highest BCUT2D eigenvalue weighted by Crippen LogP contribution is 2.07. The van der Waals surface area contributed by atoms with Crippen LogP contribution in [0, 0.1) is 17.3 Å². The van der Waals surface area contributed by atoms with Gasteiger partial charge in [-0.25, -0.2) is 4.98 Å². The first kappa shape index (κ1) is 7.48. The molecule has 3 nitrogen and oxygen atoms in total. The molecule has 0 aliphatic carbocycles. The Morgan fingerprint density at radius 1 is 1.64 bits per heavy atom. The molecule has 1 heterocycles. The second-order valence-corrected chi connectivity index (χ2v) is 1.76. The monoisotopic (exact) mass is 152 g/mol. The Bertz CT molecular complexity index is 265. The minimum absolute atomic E-state index is 0.0483. The molecule has 11 heavy (non-hydrogen) atoms. The molecule has 4 heteroatoms. The summed E-state index contributed by atoms with van der Waals surface area (Å²) < 4.78 is 17.0. The van der Waals surface area contributed by atoms with Gasteiger partial charge in [0.1, 0.15) is 11.8 Å². The van der Waals surface area contributed by atoms with Crippen molar-refractivity contribution in [3.63, 3.8) is 0 Å². The first-order valence-electron chi connectivity index (χ1n) is 2.94. The van der Waals surface area contributed by atoms with Crippen LogP contribution in [0.15, 0.2) is 18.3 Å². The van der Waals surface area contributed by atoms with E-state index in [0.717, 1.165) is 0 Å². The summed E-state index contributed by atoms with van der Waals surface area (Å²) in [6, 6.07) is 4.38. The van der Waals surface area contributed by atoms with Crippen molar-refractivity contribution >= 4 is 0 Å². The van der Waals surface area contributed by atoms with Crippen molar-refractivity contribution in [1.82, 2.24) is 4.98 Å². The number of ether oxygens (including phenoxy) is 1. The zero-order chi connectivity index (χ0) is 8.10. The third-order valence-corrected chi connectivity index (χ3v) is 1.00. The molecule has 0 N–H and O–H groups in total. The molecule has 0 fully saturated rings. The fourth-order valence-electron chi connectivity index (χ4n) is 0.563. The van der Waals surface area contributed by atoms with Gasteiger partial charge < -0.3 is 4.74 Å². The average molecular weight is 152 g/mol. The van der Waals surface area contributed by atoms with Crippen molar-refractivity contribution < 1.29 is 9.13 Å². The van der Waals surface area contributed by atoms with Gasteiger partial charge in [-0.1, -0.05) is 0 Å². The smallest absolute Gasteiger partial charge is 0.213 e. The quantitative estimate of drug-likeness (QED) is 0.596. The van der Waals surface area contributed by atoms with Crippen LogP contribution in [0.5, 0.6) is 5.75 Å². The molecule has 0 saturated carbocycles. The van der Waals surface area contributed by atoms with Crippen LogP contribution in [0.2, 0.25) is 0 Å². The lowest BCUT2D eigenvalue weighted by Crippen LogP contribution is -1.94. The zero-order valence-electron chi connectivity index (χ0n) is 5.62. The predicted molar refractivity (Wildman–Crippen MR) is 35.3 cm³/mol. The average Bonchev–Trinajstić information content (AvgIpc) is 2.04. The van der Waals surface area contributed by atoms with E-state index in [1.54, 1.807) is 6.07 Å². The number of hydrogen-bond donors (Lipinski definition) is 0. The number of halogens is 1. The Kier molecular flexibility index (Phi) is 2.39. The lowest BCUT2D eigenvalue weighted by Gasteiger charge is -1.97. The summed E-state index contributed by atoms with van der Waals surface area (Å²) in [6.45, 7) is -0.0483. The topological polar surface area (TPSA) is 45.9 Å². The minimum atomic E-state index is -0.561. The van der Waals surface area contributed by atoms with Crippen molar-refractivity contribution in [1.29, 1.82) is 5.26 Å². The Morgan fingerprint density at radius 3 is 3.00 bits per heavy atom. The molecule has 1 rings (SSSR count). The van der Waals surface area contributed by atoms with Gasteiger partial charge in [0.05, 0.1) is 6.20 Å². The van der Waals surface area contributed by atoms with Gasteiger partial charge >= 0.3 is 0 Å². The highest BCUT2D eigenvalue weighted by molar-refractivity contribution is 5.16. The van der Waals surface area contributed by atoms with Gasteiger partial charge in [0.25, 0.3) is 0 Å². The molecule has 0 aliphatic heterocycles. The van der Waals surface area contributed by atoms with Crippen LogP contribution < -0.4 is 4.74 Å². The minimum Gasteiger partial charge on any atom is -0.477 e. The second kappa shape index (κ2) is 3.52. The number of rotatable bonds is 2. The lowest BCUT2D eigenvalue weighted by atomic mass is 10.4. The summed E-state index contributed by atoms with van der Waals surface area (Å²) in [7, 11) is 0. The number of nitrogens with zero attached hydrogens (tertiary/aromatic N) is 2. The molecule has 0 spiro atoms. The van der Waals surface area contributed by atoms with Gasteiger partial charge in [0.15, 0.2) is 6.61 Å². The maximum atomic E-state index is 12.2. The maximum Gasteiger partial charge on any atom is 0.213 e. The van der Waals surface area contributed by atoms with Gasteiger partial charge in [-0.2, -0.15) is 9.65 Å². The molecule has 1 aromatic rings.